The van der Waals surface area contributed by atoms with Crippen LogP contribution in [0.1, 0.15) is 19.3 Å². The lowest BCUT2D eigenvalue weighted by Crippen LogP contribution is -2.21. The molecule has 134 valence electrons. The molecule has 5 heteroatoms. The molecule has 0 amide bonds. The van der Waals surface area contributed by atoms with Crippen molar-refractivity contribution in [2.24, 2.45) is 0 Å². The maximum Gasteiger partial charge on any atom is 0.123 e. The number of halogens is 1. The highest BCUT2D eigenvalue weighted by molar-refractivity contribution is 5.78. The Morgan fingerprint density at radius 2 is 1.62 bits per heavy atom. The fourth-order valence-electron chi connectivity index (χ4n) is 3.65. The molecule has 0 radical (unpaired) electrons. The highest BCUT2D eigenvalue weighted by Gasteiger charge is 2.16. The van der Waals surface area contributed by atoms with Gasteiger partial charge in [0.25, 0.3) is 0 Å². The predicted molar refractivity (Wildman–Crippen MR) is 101 cm³/mol. The van der Waals surface area contributed by atoms with E-state index in [4.69, 9.17) is 0 Å². The number of nitrogens with zero attached hydrogens (tertiary/aromatic N) is 4. The third kappa shape index (κ3) is 3.68. The van der Waals surface area contributed by atoms with Gasteiger partial charge in [0.05, 0.1) is 17.7 Å². The molecule has 1 aliphatic rings. The summed E-state index contributed by atoms with van der Waals surface area (Å²) in [7, 11) is 0. The van der Waals surface area contributed by atoms with Gasteiger partial charge in [0.2, 0.25) is 0 Å². The molecule has 0 spiro atoms. The lowest BCUT2D eigenvalue weighted by molar-refractivity contribution is 0.325. The summed E-state index contributed by atoms with van der Waals surface area (Å²) in [6, 6.07) is 10.6. The zero-order chi connectivity index (χ0) is 17.8. The third-order valence-corrected chi connectivity index (χ3v) is 4.98. The number of aromatic nitrogens is 3. The number of imidazole rings is 1. The number of pyridine rings is 1. The Hall–Kier alpha value is -2.53. The molecular formula is C21H23FN4. The Balaban J connectivity index is 1.62. The third-order valence-electron chi connectivity index (χ3n) is 4.98. The summed E-state index contributed by atoms with van der Waals surface area (Å²) < 4.78 is 15.6. The molecule has 26 heavy (non-hydrogen) atoms. The Morgan fingerprint density at radius 1 is 0.885 bits per heavy atom. The zero-order valence-electron chi connectivity index (χ0n) is 14.8. The molecule has 0 atom stereocenters. The summed E-state index contributed by atoms with van der Waals surface area (Å²) in [6.45, 7) is 4.46. The molecule has 1 aliphatic heterocycles. The van der Waals surface area contributed by atoms with E-state index in [0.29, 0.717) is 0 Å². The van der Waals surface area contributed by atoms with Gasteiger partial charge in [-0.05, 0) is 75.3 Å². The molecule has 3 heterocycles. The molecule has 1 fully saturated rings. The van der Waals surface area contributed by atoms with Crippen LogP contribution in [0.25, 0.3) is 22.5 Å². The van der Waals surface area contributed by atoms with Crippen molar-refractivity contribution in [1.29, 1.82) is 0 Å². The van der Waals surface area contributed by atoms with Gasteiger partial charge in [0.15, 0.2) is 0 Å². The first-order valence-corrected chi connectivity index (χ1v) is 9.25. The second-order valence-electron chi connectivity index (χ2n) is 6.78. The van der Waals surface area contributed by atoms with E-state index in [0.717, 1.165) is 42.0 Å². The van der Waals surface area contributed by atoms with Gasteiger partial charge in [-0.25, -0.2) is 9.37 Å². The quantitative estimate of drug-likeness (QED) is 0.667. The molecule has 0 aliphatic carbocycles. The molecule has 2 aromatic heterocycles. The van der Waals surface area contributed by atoms with E-state index >= 15 is 0 Å². The van der Waals surface area contributed by atoms with E-state index in [-0.39, 0.29) is 5.82 Å². The van der Waals surface area contributed by atoms with Gasteiger partial charge >= 0.3 is 0 Å². The van der Waals surface area contributed by atoms with Gasteiger partial charge in [-0.2, -0.15) is 0 Å². The standard InChI is InChI=1S/C21H23FN4/c22-19-6-4-18(5-7-19)21-20(17-8-10-23-11-9-17)24-16-26(21)15-3-14-25-12-1-2-13-25/h4-11,16H,1-3,12-15H2. The number of likely N-dealkylation sites (tertiary alicyclic amines) is 1. The predicted octanol–water partition coefficient (Wildman–Crippen LogP) is 4.24. The van der Waals surface area contributed by atoms with Crippen LogP contribution in [-0.2, 0) is 6.54 Å². The SMILES string of the molecule is Fc1ccc(-c2c(-c3ccncc3)ncn2CCCN2CCCC2)cc1. The van der Waals surface area contributed by atoms with Gasteiger partial charge < -0.3 is 9.47 Å². The molecular weight excluding hydrogens is 327 g/mol. The summed E-state index contributed by atoms with van der Waals surface area (Å²) in [5.41, 5.74) is 3.97. The van der Waals surface area contributed by atoms with Crippen LogP contribution in [0.5, 0.6) is 0 Å². The average Bonchev–Trinajstić information content (AvgIpc) is 3.33. The number of rotatable bonds is 6. The van der Waals surface area contributed by atoms with Crippen LogP contribution in [0.4, 0.5) is 4.39 Å². The van der Waals surface area contributed by atoms with Crippen molar-refractivity contribution in [3.05, 3.63) is 60.9 Å². The van der Waals surface area contributed by atoms with Gasteiger partial charge in [0.1, 0.15) is 5.82 Å². The Bertz CT molecular complexity index is 836. The molecule has 3 aromatic rings. The van der Waals surface area contributed by atoms with Crippen LogP contribution in [-0.4, -0.2) is 39.1 Å². The van der Waals surface area contributed by atoms with Crippen LogP contribution >= 0.6 is 0 Å². The van der Waals surface area contributed by atoms with Crippen molar-refractivity contribution in [3.8, 4) is 22.5 Å². The zero-order valence-corrected chi connectivity index (χ0v) is 14.8. The van der Waals surface area contributed by atoms with E-state index < -0.39 is 0 Å². The van der Waals surface area contributed by atoms with Crippen molar-refractivity contribution in [1.82, 2.24) is 19.4 Å². The number of benzene rings is 1. The smallest absolute Gasteiger partial charge is 0.123 e. The number of hydrogen-bond donors (Lipinski definition) is 0. The fraction of sp³-hybridized carbons (Fsp3) is 0.333. The molecule has 0 bridgehead atoms. The Labute approximate surface area is 153 Å². The summed E-state index contributed by atoms with van der Waals surface area (Å²) in [4.78, 5) is 11.3. The molecule has 0 unspecified atom stereocenters. The lowest BCUT2D eigenvalue weighted by atomic mass is 10.1. The van der Waals surface area contributed by atoms with E-state index in [9.17, 15) is 4.39 Å². The summed E-state index contributed by atoms with van der Waals surface area (Å²) >= 11 is 0. The maximum atomic E-state index is 13.4. The Kier molecular flexibility index (Phi) is 5.07. The Morgan fingerprint density at radius 3 is 2.35 bits per heavy atom. The van der Waals surface area contributed by atoms with Crippen LogP contribution < -0.4 is 0 Å². The maximum absolute atomic E-state index is 13.4. The van der Waals surface area contributed by atoms with Crippen LogP contribution in [0.3, 0.4) is 0 Å². The van der Waals surface area contributed by atoms with Crippen molar-refractivity contribution in [3.63, 3.8) is 0 Å². The fourth-order valence-corrected chi connectivity index (χ4v) is 3.65. The monoisotopic (exact) mass is 350 g/mol. The first kappa shape index (κ1) is 16.9. The van der Waals surface area contributed by atoms with Crippen LogP contribution in [0, 0.1) is 5.82 Å². The second-order valence-corrected chi connectivity index (χ2v) is 6.78. The minimum atomic E-state index is -0.223. The molecule has 4 nitrogen and oxygen atoms in total. The van der Waals surface area contributed by atoms with Crippen molar-refractivity contribution < 1.29 is 4.39 Å². The largest absolute Gasteiger partial charge is 0.330 e. The van der Waals surface area contributed by atoms with E-state index in [2.05, 4.69) is 19.4 Å². The normalized spacial score (nSPS) is 14.8. The number of hydrogen-bond acceptors (Lipinski definition) is 3. The van der Waals surface area contributed by atoms with E-state index in [1.54, 1.807) is 12.4 Å². The minimum absolute atomic E-state index is 0.223. The molecule has 0 N–H and O–H groups in total. The minimum Gasteiger partial charge on any atom is -0.330 e. The van der Waals surface area contributed by atoms with Crippen molar-refractivity contribution in [2.75, 3.05) is 19.6 Å². The highest BCUT2D eigenvalue weighted by atomic mass is 19.1. The topological polar surface area (TPSA) is 34.0 Å². The van der Waals surface area contributed by atoms with Crippen LogP contribution in [0.2, 0.25) is 0 Å². The van der Waals surface area contributed by atoms with E-state index in [1.165, 1.54) is 38.1 Å². The summed E-state index contributed by atoms with van der Waals surface area (Å²) in [6.07, 6.45) is 9.17. The van der Waals surface area contributed by atoms with Gasteiger partial charge in [-0.15, -0.1) is 0 Å². The van der Waals surface area contributed by atoms with Gasteiger partial charge in [-0.1, -0.05) is 0 Å². The van der Waals surface area contributed by atoms with E-state index in [1.807, 2.05) is 30.6 Å². The molecule has 4 rings (SSSR count). The van der Waals surface area contributed by atoms with Gasteiger partial charge in [0, 0.05) is 30.1 Å². The first-order valence-electron chi connectivity index (χ1n) is 9.25. The molecule has 0 saturated carbocycles. The summed E-state index contributed by atoms with van der Waals surface area (Å²) in [5, 5.41) is 0. The van der Waals surface area contributed by atoms with Crippen LogP contribution in [0.15, 0.2) is 55.1 Å². The molecule has 1 aromatic carbocycles. The van der Waals surface area contributed by atoms with Gasteiger partial charge in [-0.3, -0.25) is 4.98 Å². The van der Waals surface area contributed by atoms with Crippen molar-refractivity contribution >= 4 is 0 Å². The van der Waals surface area contributed by atoms with Crippen molar-refractivity contribution in [2.45, 2.75) is 25.8 Å². The highest BCUT2D eigenvalue weighted by Crippen LogP contribution is 2.31. The lowest BCUT2D eigenvalue weighted by Gasteiger charge is -2.15. The average molecular weight is 350 g/mol. The first-order chi connectivity index (χ1) is 12.8. The summed E-state index contributed by atoms with van der Waals surface area (Å²) in [5.74, 6) is -0.223. The second kappa shape index (κ2) is 7.79. The molecule has 1 saturated heterocycles. The number of aryl methyl sites for hydroxylation is 1.